The van der Waals surface area contributed by atoms with Crippen LogP contribution >= 0.6 is 0 Å². The standard InChI is InChI=1S/C17H14F2N2O3S/c1-10-12(4-3-7-20-10)17-16(14(9-18)24-21-17)11-5-6-15(13(19)8-11)25(2,22)23/h3-8H,9H2,1-2H3. The molecule has 3 aromatic rings. The number of pyridine rings is 1. The van der Waals surface area contributed by atoms with Gasteiger partial charge in [0.05, 0.1) is 5.56 Å². The van der Waals surface area contributed by atoms with E-state index in [0.29, 0.717) is 17.0 Å². The molecule has 0 aliphatic rings. The van der Waals surface area contributed by atoms with Crippen molar-refractivity contribution in [3.63, 3.8) is 0 Å². The molecule has 0 spiro atoms. The second-order valence-corrected chi connectivity index (χ2v) is 7.50. The number of alkyl halides is 1. The lowest BCUT2D eigenvalue weighted by molar-refractivity contribution is 0.332. The van der Waals surface area contributed by atoms with Crippen molar-refractivity contribution >= 4 is 9.84 Å². The third kappa shape index (κ3) is 3.17. The van der Waals surface area contributed by atoms with Gasteiger partial charge in [-0.05, 0) is 36.8 Å². The van der Waals surface area contributed by atoms with Gasteiger partial charge < -0.3 is 4.52 Å². The molecule has 0 unspecified atom stereocenters. The van der Waals surface area contributed by atoms with E-state index < -0.39 is 27.2 Å². The zero-order valence-electron chi connectivity index (χ0n) is 13.5. The molecule has 0 amide bonds. The van der Waals surface area contributed by atoms with E-state index in [2.05, 4.69) is 10.1 Å². The van der Waals surface area contributed by atoms with Gasteiger partial charge in [-0.2, -0.15) is 0 Å². The van der Waals surface area contributed by atoms with Gasteiger partial charge in [-0.1, -0.05) is 11.2 Å². The lowest BCUT2D eigenvalue weighted by atomic mass is 9.98. The summed E-state index contributed by atoms with van der Waals surface area (Å²) in [4.78, 5) is 3.74. The lowest BCUT2D eigenvalue weighted by Crippen LogP contribution is -2.01. The summed E-state index contributed by atoms with van der Waals surface area (Å²) in [5, 5.41) is 3.90. The third-order valence-corrected chi connectivity index (χ3v) is 4.90. The van der Waals surface area contributed by atoms with E-state index in [0.717, 1.165) is 18.4 Å². The number of benzene rings is 1. The Kier molecular flexibility index (Phi) is 4.38. The summed E-state index contributed by atoms with van der Waals surface area (Å²) in [5.41, 5.74) is 2.14. The molecular weight excluding hydrogens is 350 g/mol. The molecule has 0 bridgehead atoms. The van der Waals surface area contributed by atoms with Gasteiger partial charge in [0.25, 0.3) is 0 Å². The van der Waals surface area contributed by atoms with Gasteiger partial charge in [-0.25, -0.2) is 17.2 Å². The normalized spacial score (nSPS) is 11.7. The Balaban J connectivity index is 2.23. The zero-order valence-corrected chi connectivity index (χ0v) is 14.3. The number of rotatable bonds is 4. The van der Waals surface area contributed by atoms with Crippen molar-refractivity contribution in [3.8, 4) is 22.4 Å². The van der Waals surface area contributed by atoms with Crippen LogP contribution in [0, 0.1) is 12.7 Å². The molecule has 25 heavy (non-hydrogen) atoms. The molecule has 0 atom stereocenters. The Bertz CT molecular complexity index is 1050. The van der Waals surface area contributed by atoms with Crippen LogP contribution in [0.15, 0.2) is 45.9 Å². The molecule has 2 aromatic heterocycles. The zero-order chi connectivity index (χ0) is 18.2. The maximum Gasteiger partial charge on any atom is 0.178 e. The van der Waals surface area contributed by atoms with Gasteiger partial charge in [0.2, 0.25) is 0 Å². The highest BCUT2D eigenvalue weighted by molar-refractivity contribution is 7.90. The molecule has 1 aromatic carbocycles. The predicted molar refractivity (Wildman–Crippen MR) is 87.8 cm³/mol. The minimum Gasteiger partial charge on any atom is -0.357 e. The monoisotopic (exact) mass is 364 g/mol. The van der Waals surface area contributed by atoms with Crippen LogP contribution in [0.1, 0.15) is 11.5 Å². The van der Waals surface area contributed by atoms with E-state index in [1.54, 1.807) is 25.3 Å². The molecule has 0 aliphatic carbocycles. The number of aromatic nitrogens is 2. The van der Waals surface area contributed by atoms with E-state index >= 15 is 0 Å². The smallest absolute Gasteiger partial charge is 0.178 e. The summed E-state index contributed by atoms with van der Waals surface area (Å²) in [6.07, 6.45) is 2.52. The Hall–Kier alpha value is -2.61. The first-order valence-corrected chi connectivity index (χ1v) is 9.18. The first kappa shape index (κ1) is 17.2. The van der Waals surface area contributed by atoms with Crippen molar-refractivity contribution in [1.29, 1.82) is 0 Å². The average molecular weight is 364 g/mol. The van der Waals surface area contributed by atoms with Gasteiger partial charge in [-0.15, -0.1) is 0 Å². The van der Waals surface area contributed by atoms with E-state index in [1.165, 1.54) is 6.07 Å². The Morgan fingerprint density at radius 3 is 2.60 bits per heavy atom. The van der Waals surface area contributed by atoms with Crippen LogP contribution in [0.4, 0.5) is 8.78 Å². The quantitative estimate of drug-likeness (QED) is 0.705. The molecule has 2 heterocycles. The maximum atomic E-state index is 14.3. The van der Waals surface area contributed by atoms with Crippen LogP contribution in [0.25, 0.3) is 22.4 Å². The Morgan fingerprint density at radius 1 is 1.24 bits per heavy atom. The van der Waals surface area contributed by atoms with Crippen molar-refractivity contribution in [3.05, 3.63) is 53.8 Å². The van der Waals surface area contributed by atoms with Gasteiger partial charge in [0, 0.05) is 23.7 Å². The summed E-state index contributed by atoms with van der Waals surface area (Å²) in [6.45, 7) is 0.827. The van der Waals surface area contributed by atoms with E-state index in [4.69, 9.17) is 4.52 Å². The lowest BCUT2D eigenvalue weighted by Gasteiger charge is -2.07. The topological polar surface area (TPSA) is 73.1 Å². The molecule has 0 N–H and O–H groups in total. The fourth-order valence-corrected chi connectivity index (χ4v) is 3.32. The molecule has 0 saturated heterocycles. The molecule has 0 aliphatic heterocycles. The van der Waals surface area contributed by atoms with Crippen molar-refractivity contribution in [2.45, 2.75) is 18.5 Å². The highest BCUT2D eigenvalue weighted by Gasteiger charge is 2.23. The van der Waals surface area contributed by atoms with Crippen LogP contribution < -0.4 is 0 Å². The van der Waals surface area contributed by atoms with Crippen molar-refractivity contribution < 1.29 is 21.7 Å². The largest absolute Gasteiger partial charge is 0.357 e. The highest BCUT2D eigenvalue weighted by Crippen LogP contribution is 2.37. The van der Waals surface area contributed by atoms with Crippen LogP contribution in [0.3, 0.4) is 0 Å². The van der Waals surface area contributed by atoms with Gasteiger partial charge in [0.15, 0.2) is 22.3 Å². The van der Waals surface area contributed by atoms with Gasteiger partial charge in [-0.3, -0.25) is 4.98 Å². The molecule has 0 saturated carbocycles. The number of nitrogens with zero attached hydrogens (tertiary/aromatic N) is 2. The number of hydrogen-bond donors (Lipinski definition) is 0. The second kappa shape index (κ2) is 6.36. The van der Waals surface area contributed by atoms with Crippen molar-refractivity contribution in [1.82, 2.24) is 10.1 Å². The van der Waals surface area contributed by atoms with Crippen LogP contribution in [0.5, 0.6) is 0 Å². The van der Waals surface area contributed by atoms with Gasteiger partial charge in [0.1, 0.15) is 16.4 Å². The Morgan fingerprint density at radius 2 is 2.00 bits per heavy atom. The summed E-state index contributed by atoms with van der Waals surface area (Å²) < 4.78 is 55.8. The maximum absolute atomic E-state index is 14.3. The predicted octanol–water partition coefficient (Wildman–Crippen LogP) is 3.72. The summed E-state index contributed by atoms with van der Waals surface area (Å²) in [6, 6.07) is 7.03. The minimum atomic E-state index is -3.70. The number of halogens is 2. The molecule has 5 nitrogen and oxygen atoms in total. The molecule has 130 valence electrons. The first-order chi connectivity index (χ1) is 11.8. The Labute approximate surface area is 143 Å². The fraction of sp³-hybridized carbons (Fsp3) is 0.176. The molecule has 0 fully saturated rings. The van der Waals surface area contributed by atoms with Gasteiger partial charge >= 0.3 is 0 Å². The SMILES string of the molecule is Cc1ncccc1-c1noc(CF)c1-c1ccc(S(C)(=O)=O)c(F)c1. The van der Waals surface area contributed by atoms with Crippen LogP contribution in [-0.4, -0.2) is 24.8 Å². The van der Waals surface area contributed by atoms with Crippen LogP contribution in [-0.2, 0) is 16.5 Å². The fourth-order valence-electron chi connectivity index (χ4n) is 2.59. The molecular formula is C17H14F2N2O3S. The number of sulfone groups is 1. The third-order valence-electron chi connectivity index (χ3n) is 3.77. The summed E-state index contributed by atoms with van der Waals surface area (Å²) in [7, 11) is -3.70. The highest BCUT2D eigenvalue weighted by atomic mass is 32.2. The minimum absolute atomic E-state index is 0.0650. The van der Waals surface area contributed by atoms with E-state index in [-0.39, 0.29) is 16.9 Å². The van der Waals surface area contributed by atoms with Crippen molar-refractivity contribution in [2.24, 2.45) is 0 Å². The average Bonchev–Trinajstić information content (AvgIpc) is 2.97. The van der Waals surface area contributed by atoms with E-state index in [1.807, 2.05) is 0 Å². The second-order valence-electron chi connectivity index (χ2n) is 5.52. The summed E-state index contributed by atoms with van der Waals surface area (Å²) >= 11 is 0. The van der Waals surface area contributed by atoms with Crippen molar-refractivity contribution in [2.75, 3.05) is 6.26 Å². The number of aryl methyl sites for hydroxylation is 1. The number of hydrogen-bond acceptors (Lipinski definition) is 5. The molecule has 3 rings (SSSR count). The first-order valence-electron chi connectivity index (χ1n) is 7.29. The van der Waals surface area contributed by atoms with Crippen LogP contribution in [0.2, 0.25) is 0 Å². The van der Waals surface area contributed by atoms with E-state index in [9.17, 15) is 17.2 Å². The molecule has 8 heteroatoms. The summed E-state index contributed by atoms with van der Waals surface area (Å²) in [5.74, 6) is -0.982. The molecule has 0 radical (unpaired) electrons.